The number of nitrogens with one attached hydrogen (secondary N) is 1. The molecule has 174 valence electrons. The lowest BCUT2D eigenvalue weighted by atomic mass is 10.1. The van der Waals surface area contributed by atoms with Crippen LogP contribution in [0.25, 0.3) is 11.0 Å². The standard InChI is InChI=1S/C25H24N4O4S/c30-25(23-13-18-9-10-26-17-24(18)33-23)28-15-19-7-8-22(16-27-19)34(31,32)21-6-4-5-20(14-21)29-11-2-1-3-12-29/h4-10,13-14,16-17H,1-3,11-12,15H2,(H,28,30). The Labute approximate surface area is 197 Å². The number of fused-ring (bicyclic) bond motifs is 1. The van der Waals surface area contributed by atoms with E-state index >= 15 is 0 Å². The summed E-state index contributed by atoms with van der Waals surface area (Å²) in [6.45, 7) is 2.02. The van der Waals surface area contributed by atoms with Crippen LogP contribution in [0, 0.1) is 0 Å². The van der Waals surface area contributed by atoms with Crippen LogP contribution in [0.15, 0.2) is 81.3 Å². The number of pyridine rings is 2. The smallest absolute Gasteiger partial charge is 0.287 e. The molecule has 1 fully saturated rings. The third-order valence-electron chi connectivity index (χ3n) is 5.93. The first-order valence-electron chi connectivity index (χ1n) is 11.2. The molecule has 0 aliphatic carbocycles. The Morgan fingerprint density at radius 2 is 1.85 bits per heavy atom. The second-order valence-electron chi connectivity index (χ2n) is 8.24. The summed E-state index contributed by atoms with van der Waals surface area (Å²) in [5, 5.41) is 3.53. The van der Waals surface area contributed by atoms with E-state index in [9.17, 15) is 13.2 Å². The highest BCUT2D eigenvalue weighted by Gasteiger charge is 2.20. The number of amides is 1. The molecular weight excluding hydrogens is 452 g/mol. The van der Waals surface area contributed by atoms with Crippen molar-refractivity contribution in [1.82, 2.24) is 15.3 Å². The van der Waals surface area contributed by atoms with Gasteiger partial charge in [0.05, 0.1) is 28.2 Å². The number of aromatic nitrogens is 2. The fourth-order valence-electron chi connectivity index (χ4n) is 4.06. The molecular formula is C25H24N4O4S. The molecule has 4 aromatic rings. The van der Waals surface area contributed by atoms with E-state index in [1.54, 1.807) is 48.8 Å². The van der Waals surface area contributed by atoms with Crippen molar-refractivity contribution in [3.63, 3.8) is 0 Å². The molecule has 1 N–H and O–H groups in total. The normalized spacial score (nSPS) is 14.3. The Bertz CT molecular complexity index is 1390. The minimum absolute atomic E-state index is 0.114. The summed E-state index contributed by atoms with van der Waals surface area (Å²) in [5.74, 6) is -0.208. The van der Waals surface area contributed by atoms with Gasteiger partial charge in [0.25, 0.3) is 5.91 Å². The lowest BCUT2D eigenvalue weighted by Crippen LogP contribution is -2.29. The molecule has 0 unspecified atom stereocenters. The molecule has 1 amide bonds. The average Bonchev–Trinajstić information content (AvgIpc) is 3.33. The monoisotopic (exact) mass is 476 g/mol. The summed E-state index contributed by atoms with van der Waals surface area (Å²) in [4.78, 5) is 23.2. The van der Waals surface area contributed by atoms with Gasteiger partial charge in [0.1, 0.15) is 0 Å². The molecule has 0 saturated carbocycles. The minimum Gasteiger partial charge on any atom is -0.449 e. The predicted octanol–water partition coefficient (Wildman–Crippen LogP) is 3.98. The highest BCUT2D eigenvalue weighted by Crippen LogP contribution is 2.26. The van der Waals surface area contributed by atoms with Crippen molar-refractivity contribution in [2.24, 2.45) is 0 Å². The van der Waals surface area contributed by atoms with Crippen LogP contribution in [0.3, 0.4) is 0 Å². The number of benzene rings is 1. The Morgan fingerprint density at radius 1 is 1.00 bits per heavy atom. The van der Waals surface area contributed by atoms with Gasteiger partial charge in [-0.05, 0) is 61.7 Å². The van der Waals surface area contributed by atoms with Gasteiger partial charge in [-0.15, -0.1) is 0 Å². The summed E-state index contributed by atoms with van der Waals surface area (Å²) in [6, 6.07) is 13.6. The lowest BCUT2D eigenvalue weighted by Gasteiger charge is -2.29. The molecule has 0 atom stereocenters. The number of anilines is 1. The molecule has 34 heavy (non-hydrogen) atoms. The van der Waals surface area contributed by atoms with E-state index in [1.807, 2.05) is 6.07 Å². The van der Waals surface area contributed by atoms with Crippen molar-refractivity contribution in [1.29, 1.82) is 0 Å². The second kappa shape index (κ2) is 9.26. The van der Waals surface area contributed by atoms with Gasteiger partial charge in [0, 0.05) is 36.6 Å². The largest absolute Gasteiger partial charge is 0.449 e. The number of nitrogens with zero attached hydrogens (tertiary/aromatic N) is 3. The van der Waals surface area contributed by atoms with E-state index < -0.39 is 9.84 Å². The molecule has 9 heteroatoms. The second-order valence-corrected chi connectivity index (χ2v) is 10.2. The fourth-order valence-corrected chi connectivity index (χ4v) is 5.31. The van der Waals surface area contributed by atoms with Crippen molar-refractivity contribution >= 4 is 32.4 Å². The summed E-state index contributed by atoms with van der Waals surface area (Å²) in [6.07, 6.45) is 7.96. The van der Waals surface area contributed by atoms with E-state index in [-0.39, 0.29) is 28.0 Å². The molecule has 1 saturated heterocycles. The van der Waals surface area contributed by atoms with Crippen molar-refractivity contribution in [2.75, 3.05) is 18.0 Å². The number of furan rings is 1. The van der Waals surface area contributed by atoms with Crippen molar-refractivity contribution < 1.29 is 17.6 Å². The molecule has 4 heterocycles. The Morgan fingerprint density at radius 3 is 2.62 bits per heavy atom. The molecule has 3 aromatic heterocycles. The van der Waals surface area contributed by atoms with E-state index in [2.05, 4.69) is 20.2 Å². The van der Waals surface area contributed by atoms with Crippen LogP contribution in [0.2, 0.25) is 0 Å². The van der Waals surface area contributed by atoms with E-state index in [0.29, 0.717) is 11.3 Å². The summed E-state index contributed by atoms with van der Waals surface area (Å²) >= 11 is 0. The van der Waals surface area contributed by atoms with Crippen LogP contribution in [0.4, 0.5) is 5.69 Å². The maximum absolute atomic E-state index is 13.2. The molecule has 0 spiro atoms. The molecule has 0 radical (unpaired) electrons. The quantitative estimate of drug-likeness (QED) is 0.449. The fraction of sp³-hybridized carbons (Fsp3) is 0.240. The maximum atomic E-state index is 13.2. The number of carbonyl (C=O) groups is 1. The van der Waals surface area contributed by atoms with Crippen molar-refractivity contribution in [3.8, 4) is 0 Å². The third kappa shape index (κ3) is 4.51. The first-order chi connectivity index (χ1) is 16.5. The number of piperidine rings is 1. The lowest BCUT2D eigenvalue weighted by molar-refractivity contribution is 0.0925. The van der Waals surface area contributed by atoms with Crippen molar-refractivity contribution in [2.45, 2.75) is 35.6 Å². The molecule has 0 bridgehead atoms. The zero-order valence-electron chi connectivity index (χ0n) is 18.5. The zero-order chi connectivity index (χ0) is 23.5. The molecule has 5 rings (SSSR count). The number of hydrogen-bond donors (Lipinski definition) is 1. The van der Waals surface area contributed by atoms with E-state index in [4.69, 9.17) is 4.42 Å². The highest BCUT2D eigenvalue weighted by atomic mass is 32.2. The van der Waals surface area contributed by atoms with E-state index in [0.717, 1.165) is 37.0 Å². The highest BCUT2D eigenvalue weighted by molar-refractivity contribution is 7.91. The number of sulfone groups is 1. The maximum Gasteiger partial charge on any atom is 0.287 e. The van der Waals surface area contributed by atoms with Gasteiger partial charge in [-0.2, -0.15) is 0 Å². The summed E-state index contributed by atoms with van der Waals surface area (Å²) in [5.41, 5.74) is 1.99. The van der Waals surface area contributed by atoms with Crippen LogP contribution in [-0.2, 0) is 16.4 Å². The molecule has 1 aliphatic heterocycles. The van der Waals surface area contributed by atoms with Gasteiger partial charge in [-0.3, -0.25) is 14.8 Å². The van der Waals surface area contributed by atoms with Crippen LogP contribution in [0.5, 0.6) is 0 Å². The van der Waals surface area contributed by atoms with E-state index in [1.165, 1.54) is 18.7 Å². The van der Waals surface area contributed by atoms with Crippen LogP contribution >= 0.6 is 0 Å². The van der Waals surface area contributed by atoms with Gasteiger partial charge in [0.15, 0.2) is 11.3 Å². The summed E-state index contributed by atoms with van der Waals surface area (Å²) in [7, 11) is -3.70. The number of rotatable bonds is 6. The molecule has 8 nitrogen and oxygen atoms in total. The first-order valence-corrected chi connectivity index (χ1v) is 12.7. The Hall–Kier alpha value is -3.72. The van der Waals surface area contributed by atoms with Crippen molar-refractivity contribution in [3.05, 3.63) is 78.6 Å². The predicted molar refractivity (Wildman–Crippen MR) is 127 cm³/mol. The molecule has 1 aliphatic rings. The van der Waals surface area contributed by atoms with Gasteiger partial charge in [-0.25, -0.2) is 8.42 Å². The van der Waals surface area contributed by atoms with Crippen LogP contribution < -0.4 is 10.2 Å². The Balaban J connectivity index is 1.27. The topological polar surface area (TPSA) is 105 Å². The van der Waals surface area contributed by atoms with Crippen LogP contribution in [0.1, 0.15) is 35.5 Å². The number of hydrogen-bond acceptors (Lipinski definition) is 7. The summed E-state index contributed by atoms with van der Waals surface area (Å²) < 4.78 is 31.8. The van der Waals surface area contributed by atoms with Crippen LogP contribution in [-0.4, -0.2) is 37.4 Å². The van der Waals surface area contributed by atoms with Gasteiger partial charge in [-0.1, -0.05) is 6.07 Å². The van der Waals surface area contributed by atoms with Gasteiger partial charge >= 0.3 is 0 Å². The van der Waals surface area contributed by atoms with Gasteiger partial charge < -0.3 is 14.6 Å². The third-order valence-corrected chi connectivity index (χ3v) is 7.67. The minimum atomic E-state index is -3.70. The SMILES string of the molecule is O=C(NCc1ccc(S(=O)(=O)c2cccc(N3CCCCC3)c2)cn1)c1cc2ccncc2o1. The first kappa shape index (κ1) is 22.1. The number of carbonyl (C=O) groups excluding carboxylic acids is 1. The van der Waals surface area contributed by atoms with Gasteiger partial charge in [0.2, 0.25) is 9.84 Å². The molecule has 1 aromatic carbocycles. The Kier molecular flexibility index (Phi) is 6.02. The zero-order valence-corrected chi connectivity index (χ0v) is 19.3. The average molecular weight is 477 g/mol.